The van der Waals surface area contributed by atoms with Crippen LogP contribution in [0.2, 0.25) is 0 Å². The normalized spacial score (nSPS) is 10.7. The van der Waals surface area contributed by atoms with E-state index < -0.39 is 5.97 Å². The fraction of sp³-hybridized carbons (Fsp3) is 0. The summed E-state index contributed by atoms with van der Waals surface area (Å²) >= 11 is 0. The van der Waals surface area contributed by atoms with Gasteiger partial charge in [0.1, 0.15) is 0 Å². The molecule has 88 valence electrons. The summed E-state index contributed by atoms with van der Waals surface area (Å²) in [5.41, 5.74) is 2.99. The molecule has 1 aromatic carbocycles. The predicted molar refractivity (Wildman–Crippen MR) is 68.5 cm³/mol. The maximum Gasteiger partial charge on any atom is 0.337 e. The number of pyridine rings is 1. The number of H-pyrrole nitrogens is 1. The van der Waals surface area contributed by atoms with Crippen LogP contribution in [-0.2, 0) is 0 Å². The Morgan fingerprint density at radius 1 is 1.17 bits per heavy atom. The molecule has 0 saturated heterocycles. The molecule has 0 unspecified atom stereocenters. The van der Waals surface area contributed by atoms with Crippen LogP contribution in [0, 0.1) is 0 Å². The third-order valence-electron chi connectivity index (χ3n) is 2.88. The number of aromatic amines is 1. The van der Waals surface area contributed by atoms with Gasteiger partial charge in [-0.3, -0.25) is 4.98 Å². The molecule has 0 atom stereocenters. The number of aromatic carboxylic acids is 1. The Bertz CT molecular complexity index is 714. The van der Waals surface area contributed by atoms with Crippen LogP contribution in [0.3, 0.4) is 0 Å². The Kier molecular flexibility index (Phi) is 2.34. The van der Waals surface area contributed by atoms with Crippen molar-refractivity contribution in [2.45, 2.75) is 0 Å². The van der Waals surface area contributed by atoms with Crippen LogP contribution in [0.1, 0.15) is 10.4 Å². The zero-order chi connectivity index (χ0) is 12.5. The van der Waals surface area contributed by atoms with Gasteiger partial charge in [-0.25, -0.2) is 4.79 Å². The van der Waals surface area contributed by atoms with Gasteiger partial charge in [0.2, 0.25) is 0 Å². The average molecular weight is 238 g/mol. The number of hydrogen-bond acceptors (Lipinski definition) is 2. The van der Waals surface area contributed by atoms with Gasteiger partial charge < -0.3 is 10.1 Å². The largest absolute Gasteiger partial charge is 0.478 e. The van der Waals surface area contributed by atoms with E-state index in [-0.39, 0.29) is 5.56 Å². The maximum atomic E-state index is 10.8. The lowest BCUT2D eigenvalue weighted by atomic mass is 10.1. The quantitative estimate of drug-likeness (QED) is 0.721. The Morgan fingerprint density at radius 2 is 2.06 bits per heavy atom. The standard InChI is InChI=1S/C14H10N2O2/c17-14(18)9-4-5-13(16-8-9)10-2-1-3-12-11(10)6-7-15-12/h1-8,15H,(H,17,18). The summed E-state index contributed by atoms with van der Waals surface area (Å²) in [6, 6.07) is 11.2. The van der Waals surface area contributed by atoms with E-state index in [1.165, 1.54) is 6.20 Å². The summed E-state index contributed by atoms with van der Waals surface area (Å²) in [7, 11) is 0. The topological polar surface area (TPSA) is 66.0 Å². The number of aromatic nitrogens is 2. The molecule has 18 heavy (non-hydrogen) atoms. The molecule has 4 nitrogen and oxygen atoms in total. The molecule has 0 aliphatic rings. The van der Waals surface area contributed by atoms with Gasteiger partial charge in [-0.15, -0.1) is 0 Å². The molecule has 0 aliphatic carbocycles. The molecular weight excluding hydrogens is 228 g/mol. The second-order valence-electron chi connectivity index (χ2n) is 3.98. The van der Waals surface area contributed by atoms with Gasteiger partial charge in [0.25, 0.3) is 0 Å². The van der Waals surface area contributed by atoms with Crippen LogP contribution >= 0.6 is 0 Å². The van der Waals surface area contributed by atoms with Crippen molar-refractivity contribution in [1.29, 1.82) is 0 Å². The molecule has 2 aromatic heterocycles. The molecular formula is C14H10N2O2. The molecule has 2 heterocycles. The summed E-state index contributed by atoms with van der Waals surface area (Å²) in [4.78, 5) is 18.1. The first-order valence-corrected chi connectivity index (χ1v) is 5.51. The van der Waals surface area contributed by atoms with E-state index in [0.717, 1.165) is 22.2 Å². The van der Waals surface area contributed by atoms with E-state index in [1.54, 1.807) is 12.1 Å². The molecule has 3 rings (SSSR count). The number of nitrogens with one attached hydrogen (secondary N) is 1. The van der Waals surface area contributed by atoms with E-state index in [1.807, 2.05) is 30.5 Å². The highest BCUT2D eigenvalue weighted by molar-refractivity contribution is 5.94. The first kappa shape index (κ1) is 10.5. The van der Waals surface area contributed by atoms with E-state index in [0.29, 0.717) is 0 Å². The molecule has 3 aromatic rings. The molecule has 4 heteroatoms. The van der Waals surface area contributed by atoms with E-state index in [9.17, 15) is 4.79 Å². The molecule has 0 radical (unpaired) electrons. The van der Waals surface area contributed by atoms with Crippen molar-refractivity contribution in [1.82, 2.24) is 9.97 Å². The van der Waals surface area contributed by atoms with E-state index in [2.05, 4.69) is 9.97 Å². The van der Waals surface area contributed by atoms with Crippen molar-refractivity contribution >= 4 is 16.9 Å². The van der Waals surface area contributed by atoms with Crippen LogP contribution < -0.4 is 0 Å². The van der Waals surface area contributed by atoms with Crippen molar-refractivity contribution in [3.63, 3.8) is 0 Å². The third-order valence-corrected chi connectivity index (χ3v) is 2.88. The highest BCUT2D eigenvalue weighted by Crippen LogP contribution is 2.26. The molecule has 0 aliphatic heterocycles. The second kappa shape index (κ2) is 4.00. The van der Waals surface area contributed by atoms with Crippen molar-refractivity contribution in [3.8, 4) is 11.3 Å². The van der Waals surface area contributed by atoms with Gasteiger partial charge in [-0.2, -0.15) is 0 Å². The first-order chi connectivity index (χ1) is 8.75. The molecule has 0 saturated carbocycles. The van der Waals surface area contributed by atoms with Gasteiger partial charge in [0, 0.05) is 28.9 Å². The average Bonchev–Trinajstić information content (AvgIpc) is 2.87. The summed E-state index contributed by atoms with van der Waals surface area (Å²) in [6.45, 7) is 0. The van der Waals surface area contributed by atoms with E-state index in [4.69, 9.17) is 5.11 Å². The highest BCUT2D eigenvalue weighted by Gasteiger charge is 2.07. The summed E-state index contributed by atoms with van der Waals surface area (Å²) in [6.07, 6.45) is 3.25. The molecule has 0 bridgehead atoms. The maximum absolute atomic E-state index is 10.8. The SMILES string of the molecule is O=C(O)c1ccc(-c2cccc3[nH]ccc23)nc1. The van der Waals surface area contributed by atoms with Gasteiger partial charge in [0.15, 0.2) is 0 Å². The minimum atomic E-state index is -0.964. The van der Waals surface area contributed by atoms with Crippen molar-refractivity contribution < 1.29 is 9.90 Å². The lowest BCUT2D eigenvalue weighted by Gasteiger charge is -2.03. The summed E-state index contributed by atoms with van der Waals surface area (Å²) in [5, 5.41) is 9.92. The van der Waals surface area contributed by atoms with Gasteiger partial charge in [0.05, 0.1) is 11.3 Å². The molecule has 0 spiro atoms. The number of rotatable bonds is 2. The van der Waals surface area contributed by atoms with Crippen LogP contribution in [0.4, 0.5) is 0 Å². The Hall–Kier alpha value is -2.62. The molecule has 2 N–H and O–H groups in total. The zero-order valence-corrected chi connectivity index (χ0v) is 9.42. The van der Waals surface area contributed by atoms with Crippen LogP contribution in [-0.4, -0.2) is 21.0 Å². The van der Waals surface area contributed by atoms with Crippen molar-refractivity contribution in [2.24, 2.45) is 0 Å². The van der Waals surface area contributed by atoms with Crippen molar-refractivity contribution in [2.75, 3.05) is 0 Å². The number of carboxylic acids is 1. The third kappa shape index (κ3) is 1.64. The minimum absolute atomic E-state index is 0.194. The number of nitrogens with zero attached hydrogens (tertiary/aromatic N) is 1. The minimum Gasteiger partial charge on any atom is -0.478 e. The predicted octanol–water partition coefficient (Wildman–Crippen LogP) is 2.93. The summed E-state index contributed by atoms with van der Waals surface area (Å²) in [5.74, 6) is -0.964. The van der Waals surface area contributed by atoms with Crippen LogP contribution in [0.15, 0.2) is 48.8 Å². The highest BCUT2D eigenvalue weighted by atomic mass is 16.4. The number of carbonyl (C=O) groups is 1. The van der Waals surface area contributed by atoms with Crippen molar-refractivity contribution in [3.05, 3.63) is 54.4 Å². The first-order valence-electron chi connectivity index (χ1n) is 5.51. The molecule has 0 amide bonds. The smallest absolute Gasteiger partial charge is 0.337 e. The number of benzene rings is 1. The fourth-order valence-electron chi connectivity index (χ4n) is 1.99. The number of carboxylic acid groups (broad SMARTS) is 1. The Balaban J connectivity index is 2.14. The van der Waals surface area contributed by atoms with Gasteiger partial charge >= 0.3 is 5.97 Å². The van der Waals surface area contributed by atoms with E-state index >= 15 is 0 Å². The van der Waals surface area contributed by atoms with Crippen LogP contribution in [0.5, 0.6) is 0 Å². The Labute approximate surface area is 103 Å². The van der Waals surface area contributed by atoms with Crippen LogP contribution in [0.25, 0.3) is 22.2 Å². The number of hydrogen-bond donors (Lipinski definition) is 2. The Morgan fingerprint density at radius 3 is 2.78 bits per heavy atom. The lowest BCUT2D eigenvalue weighted by Crippen LogP contribution is -1.97. The second-order valence-corrected chi connectivity index (χ2v) is 3.98. The number of fused-ring (bicyclic) bond motifs is 1. The fourth-order valence-corrected chi connectivity index (χ4v) is 1.99. The van der Waals surface area contributed by atoms with Gasteiger partial charge in [-0.1, -0.05) is 12.1 Å². The van der Waals surface area contributed by atoms with Gasteiger partial charge in [-0.05, 0) is 24.3 Å². The lowest BCUT2D eigenvalue weighted by molar-refractivity contribution is 0.0696. The monoisotopic (exact) mass is 238 g/mol. The molecule has 0 fully saturated rings. The zero-order valence-electron chi connectivity index (χ0n) is 9.42. The summed E-state index contributed by atoms with van der Waals surface area (Å²) < 4.78 is 0.